The second-order valence-electron chi connectivity index (χ2n) is 4.82. The van der Waals surface area contributed by atoms with Gasteiger partial charge in [-0.05, 0) is 52.9 Å². The molecule has 0 atom stereocenters. The summed E-state index contributed by atoms with van der Waals surface area (Å²) >= 11 is 3.24. The molecule has 1 aromatic carbocycles. The fraction of sp³-hybridized carbons (Fsp3) is 0.500. The van der Waals surface area contributed by atoms with Gasteiger partial charge in [-0.1, -0.05) is 0 Å². The second-order valence-corrected chi connectivity index (χ2v) is 5.67. The number of halogens is 2. The lowest BCUT2D eigenvalue weighted by atomic mass is 9.97. The summed E-state index contributed by atoms with van der Waals surface area (Å²) in [5.74, 6) is 0.149. The zero-order valence-corrected chi connectivity index (χ0v) is 12.5. The average molecular weight is 330 g/mol. The van der Waals surface area contributed by atoms with E-state index in [-0.39, 0.29) is 11.7 Å². The SMILES string of the molecule is COCC1CCN(C(=O)c2ccc(F)cc2Br)CC1. The van der Waals surface area contributed by atoms with E-state index < -0.39 is 0 Å². The van der Waals surface area contributed by atoms with Crippen molar-refractivity contribution in [1.82, 2.24) is 4.90 Å². The second kappa shape index (κ2) is 6.48. The number of hydrogen-bond donors (Lipinski definition) is 0. The molecule has 1 fully saturated rings. The monoisotopic (exact) mass is 329 g/mol. The van der Waals surface area contributed by atoms with Crippen LogP contribution in [0.2, 0.25) is 0 Å². The summed E-state index contributed by atoms with van der Waals surface area (Å²) in [5.41, 5.74) is 0.520. The van der Waals surface area contributed by atoms with Crippen molar-refractivity contribution in [2.45, 2.75) is 12.8 Å². The molecule has 3 nitrogen and oxygen atoms in total. The van der Waals surface area contributed by atoms with Crippen LogP contribution in [-0.2, 0) is 4.74 Å². The van der Waals surface area contributed by atoms with Crippen LogP contribution in [0, 0.1) is 11.7 Å². The van der Waals surface area contributed by atoms with E-state index in [1.165, 1.54) is 18.2 Å². The van der Waals surface area contributed by atoms with E-state index >= 15 is 0 Å². The Bertz CT molecular complexity index is 459. The van der Waals surface area contributed by atoms with Crippen LogP contribution in [-0.4, -0.2) is 37.6 Å². The highest BCUT2D eigenvalue weighted by Crippen LogP contribution is 2.23. The summed E-state index contributed by atoms with van der Waals surface area (Å²) in [6, 6.07) is 4.17. The first-order valence-electron chi connectivity index (χ1n) is 6.35. The Hall–Kier alpha value is -0.940. The highest BCUT2D eigenvalue weighted by Gasteiger charge is 2.24. The molecule has 1 aromatic rings. The van der Waals surface area contributed by atoms with Crippen LogP contribution in [0.25, 0.3) is 0 Å². The number of ether oxygens (including phenoxy) is 1. The normalized spacial score (nSPS) is 16.7. The van der Waals surface area contributed by atoms with Gasteiger partial charge in [0.2, 0.25) is 0 Å². The van der Waals surface area contributed by atoms with E-state index in [4.69, 9.17) is 4.74 Å². The molecule has 0 spiro atoms. The van der Waals surface area contributed by atoms with Crippen LogP contribution in [0.15, 0.2) is 22.7 Å². The average Bonchev–Trinajstić information content (AvgIpc) is 2.39. The molecule has 1 heterocycles. The minimum Gasteiger partial charge on any atom is -0.384 e. The minimum absolute atomic E-state index is 0.0391. The van der Waals surface area contributed by atoms with E-state index in [2.05, 4.69) is 15.9 Å². The number of amides is 1. The Morgan fingerprint density at radius 1 is 1.47 bits per heavy atom. The number of methoxy groups -OCH3 is 1. The van der Waals surface area contributed by atoms with Crippen molar-refractivity contribution in [2.24, 2.45) is 5.92 Å². The van der Waals surface area contributed by atoms with Gasteiger partial charge in [0.15, 0.2) is 0 Å². The molecule has 1 aliphatic heterocycles. The first-order valence-corrected chi connectivity index (χ1v) is 7.14. The maximum Gasteiger partial charge on any atom is 0.255 e. The summed E-state index contributed by atoms with van der Waals surface area (Å²) in [6.45, 7) is 2.22. The molecule has 0 bridgehead atoms. The Morgan fingerprint density at radius 2 is 2.16 bits per heavy atom. The summed E-state index contributed by atoms with van der Waals surface area (Å²) in [7, 11) is 1.70. The molecule has 1 aliphatic rings. The third-order valence-corrected chi connectivity index (χ3v) is 4.12. The predicted molar refractivity (Wildman–Crippen MR) is 74.6 cm³/mol. The van der Waals surface area contributed by atoms with Crippen molar-refractivity contribution in [1.29, 1.82) is 0 Å². The molecule has 0 N–H and O–H groups in total. The molecule has 0 aromatic heterocycles. The number of rotatable bonds is 3. The van der Waals surface area contributed by atoms with E-state index in [0.29, 0.717) is 16.0 Å². The smallest absolute Gasteiger partial charge is 0.255 e. The van der Waals surface area contributed by atoms with Gasteiger partial charge in [-0.3, -0.25) is 4.79 Å². The van der Waals surface area contributed by atoms with Gasteiger partial charge < -0.3 is 9.64 Å². The third-order valence-electron chi connectivity index (χ3n) is 3.47. The highest BCUT2D eigenvalue weighted by molar-refractivity contribution is 9.10. The molecule has 1 saturated heterocycles. The predicted octanol–water partition coefficient (Wildman–Crippen LogP) is 3.09. The number of carbonyl (C=O) groups excluding carboxylic acids is 1. The van der Waals surface area contributed by atoms with E-state index in [0.717, 1.165) is 32.5 Å². The van der Waals surface area contributed by atoms with Crippen LogP contribution < -0.4 is 0 Å². The lowest BCUT2D eigenvalue weighted by molar-refractivity contribution is 0.0612. The molecule has 0 saturated carbocycles. The molecule has 2 rings (SSSR count). The molecule has 0 aliphatic carbocycles. The number of likely N-dealkylation sites (tertiary alicyclic amines) is 1. The fourth-order valence-electron chi connectivity index (χ4n) is 2.37. The van der Waals surface area contributed by atoms with Crippen molar-refractivity contribution in [2.75, 3.05) is 26.8 Å². The van der Waals surface area contributed by atoms with Crippen molar-refractivity contribution < 1.29 is 13.9 Å². The zero-order chi connectivity index (χ0) is 13.8. The maximum atomic E-state index is 13.0. The third kappa shape index (κ3) is 3.54. The van der Waals surface area contributed by atoms with Crippen LogP contribution >= 0.6 is 15.9 Å². The van der Waals surface area contributed by atoms with Crippen LogP contribution in [0.5, 0.6) is 0 Å². The van der Waals surface area contributed by atoms with Gasteiger partial charge in [0.1, 0.15) is 5.82 Å². The fourth-order valence-corrected chi connectivity index (χ4v) is 2.89. The highest BCUT2D eigenvalue weighted by atomic mass is 79.9. The van der Waals surface area contributed by atoms with Crippen molar-refractivity contribution in [3.8, 4) is 0 Å². The zero-order valence-electron chi connectivity index (χ0n) is 10.9. The number of piperidine rings is 1. The van der Waals surface area contributed by atoms with Gasteiger partial charge in [0.25, 0.3) is 5.91 Å². The lowest BCUT2D eigenvalue weighted by Gasteiger charge is -2.31. The molecular formula is C14H17BrFNO2. The van der Waals surface area contributed by atoms with Crippen LogP contribution in [0.1, 0.15) is 23.2 Å². The summed E-state index contributed by atoms with van der Waals surface area (Å²) < 4.78 is 18.7. The van der Waals surface area contributed by atoms with Gasteiger partial charge in [0, 0.05) is 31.3 Å². The number of carbonyl (C=O) groups is 1. The molecule has 5 heteroatoms. The topological polar surface area (TPSA) is 29.5 Å². The van der Waals surface area contributed by atoms with Crippen molar-refractivity contribution >= 4 is 21.8 Å². The Morgan fingerprint density at radius 3 is 2.74 bits per heavy atom. The van der Waals surface area contributed by atoms with Gasteiger partial charge in [0.05, 0.1) is 5.56 Å². The first kappa shape index (κ1) is 14.5. The molecule has 0 unspecified atom stereocenters. The van der Waals surface area contributed by atoms with Crippen LogP contribution in [0.4, 0.5) is 4.39 Å². The van der Waals surface area contributed by atoms with Gasteiger partial charge in [-0.15, -0.1) is 0 Å². The van der Waals surface area contributed by atoms with Crippen molar-refractivity contribution in [3.05, 3.63) is 34.1 Å². The largest absolute Gasteiger partial charge is 0.384 e. The first-order chi connectivity index (χ1) is 9.11. The molecule has 1 amide bonds. The van der Waals surface area contributed by atoms with Gasteiger partial charge in [-0.25, -0.2) is 4.39 Å². The molecule has 0 radical (unpaired) electrons. The molecular weight excluding hydrogens is 313 g/mol. The number of hydrogen-bond acceptors (Lipinski definition) is 2. The Kier molecular flexibility index (Phi) is 4.93. The summed E-state index contributed by atoms with van der Waals surface area (Å²) in [5, 5.41) is 0. The summed E-state index contributed by atoms with van der Waals surface area (Å²) in [4.78, 5) is 14.2. The quantitative estimate of drug-likeness (QED) is 0.852. The minimum atomic E-state index is -0.345. The van der Waals surface area contributed by atoms with E-state index in [1.807, 2.05) is 4.90 Å². The van der Waals surface area contributed by atoms with E-state index in [9.17, 15) is 9.18 Å². The van der Waals surface area contributed by atoms with Gasteiger partial charge >= 0.3 is 0 Å². The lowest BCUT2D eigenvalue weighted by Crippen LogP contribution is -2.39. The standard InChI is InChI=1S/C14H17BrFNO2/c1-19-9-10-4-6-17(7-5-10)14(18)12-3-2-11(16)8-13(12)15/h2-3,8,10H,4-7,9H2,1H3. The number of benzene rings is 1. The number of nitrogens with zero attached hydrogens (tertiary/aromatic N) is 1. The van der Waals surface area contributed by atoms with Crippen molar-refractivity contribution in [3.63, 3.8) is 0 Å². The Labute approximate surface area is 120 Å². The maximum absolute atomic E-state index is 13.0. The van der Waals surface area contributed by atoms with Gasteiger partial charge in [-0.2, -0.15) is 0 Å². The molecule has 104 valence electrons. The molecule has 19 heavy (non-hydrogen) atoms. The van der Waals surface area contributed by atoms with Crippen LogP contribution in [0.3, 0.4) is 0 Å². The Balaban J connectivity index is 2.01. The van der Waals surface area contributed by atoms with E-state index in [1.54, 1.807) is 7.11 Å². The summed E-state index contributed by atoms with van der Waals surface area (Å²) in [6.07, 6.45) is 1.91.